The van der Waals surface area contributed by atoms with Crippen molar-refractivity contribution in [3.63, 3.8) is 0 Å². The Labute approximate surface area is 142 Å². The summed E-state index contributed by atoms with van der Waals surface area (Å²) >= 11 is 0. The number of pyridine rings is 1. The SMILES string of the molecule is CCc1ccc(NC(=O)c2ccc(OC3CCOCC3)nc2)cc1. The number of carbonyl (C=O) groups excluding carboxylic acids is 1. The van der Waals surface area contributed by atoms with E-state index in [9.17, 15) is 4.79 Å². The predicted molar refractivity (Wildman–Crippen MR) is 92.5 cm³/mol. The molecule has 0 saturated carbocycles. The summed E-state index contributed by atoms with van der Waals surface area (Å²) in [4.78, 5) is 16.5. The van der Waals surface area contributed by atoms with E-state index in [1.807, 2.05) is 24.3 Å². The van der Waals surface area contributed by atoms with Gasteiger partial charge in [0.05, 0.1) is 18.8 Å². The maximum Gasteiger partial charge on any atom is 0.257 e. The van der Waals surface area contributed by atoms with Crippen LogP contribution in [-0.2, 0) is 11.2 Å². The van der Waals surface area contributed by atoms with Crippen LogP contribution in [0.1, 0.15) is 35.7 Å². The minimum atomic E-state index is -0.177. The summed E-state index contributed by atoms with van der Waals surface area (Å²) in [7, 11) is 0. The van der Waals surface area contributed by atoms with Gasteiger partial charge in [0.2, 0.25) is 5.88 Å². The molecule has 3 rings (SSSR count). The number of hydrogen-bond acceptors (Lipinski definition) is 4. The van der Waals surface area contributed by atoms with E-state index >= 15 is 0 Å². The Morgan fingerprint density at radius 2 is 1.96 bits per heavy atom. The summed E-state index contributed by atoms with van der Waals surface area (Å²) in [6.07, 6.45) is 4.41. The quantitative estimate of drug-likeness (QED) is 0.914. The maximum atomic E-state index is 12.3. The van der Waals surface area contributed by atoms with Gasteiger partial charge in [0, 0.05) is 30.8 Å². The third-order valence-corrected chi connectivity index (χ3v) is 4.07. The predicted octanol–water partition coefficient (Wildman–Crippen LogP) is 3.45. The first-order valence-electron chi connectivity index (χ1n) is 8.35. The highest BCUT2D eigenvalue weighted by Gasteiger charge is 2.16. The first-order chi connectivity index (χ1) is 11.7. The van der Waals surface area contributed by atoms with E-state index in [0.29, 0.717) is 11.4 Å². The Morgan fingerprint density at radius 1 is 1.21 bits per heavy atom. The first-order valence-corrected chi connectivity index (χ1v) is 8.35. The van der Waals surface area contributed by atoms with Crippen LogP contribution < -0.4 is 10.1 Å². The van der Waals surface area contributed by atoms with E-state index in [1.54, 1.807) is 18.3 Å². The Kier molecular flexibility index (Phi) is 5.43. The van der Waals surface area contributed by atoms with E-state index in [2.05, 4.69) is 17.2 Å². The minimum absolute atomic E-state index is 0.142. The van der Waals surface area contributed by atoms with Crippen LogP contribution in [0.3, 0.4) is 0 Å². The zero-order valence-electron chi connectivity index (χ0n) is 13.8. The molecule has 1 N–H and O–H groups in total. The smallest absolute Gasteiger partial charge is 0.257 e. The molecule has 0 radical (unpaired) electrons. The lowest BCUT2D eigenvalue weighted by molar-refractivity contribution is 0.0237. The lowest BCUT2D eigenvalue weighted by Gasteiger charge is -2.22. The second-order valence-electron chi connectivity index (χ2n) is 5.82. The summed E-state index contributed by atoms with van der Waals surface area (Å²) < 4.78 is 11.1. The monoisotopic (exact) mass is 326 g/mol. The fraction of sp³-hybridized carbons (Fsp3) is 0.368. The molecule has 1 amide bonds. The second kappa shape index (κ2) is 7.93. The number of amides is 1. The Hall–Kier alpha value is -2.40. The van der Waals surface area contributed by atoms with E-state index in [0.717, 1.165) is 38.2 Å². The largest absolute Gasteiger partial charge is 0.474 e. The van der Waals surface area contributed by atoms with E-state index < -0.39 is 0 Å². The average Bonchev–Trinajstić information content (AvgIpc) is 2.64. The molecule has 1 saturated heterocycles. The van der Waals surface area contributed by atoms with Crippen LogP contribution >= 0.6 is 0 Å². The number of aromatic nitrogens is 1. The highest BCUT2D eigenvalue weighted by atomic mass is 16.5. The summed E-state index contributed by atoms with van der Waals surface area (Å²) in [6, 6.07) is 11.3. The van der Waals surface area contributed by atoms with Crippen molar-refractivity contribution >= 4 is 11.6 Å². The summed E-state index contributed by atoms with van der Waals surface area (Å²) in [5, 5.41) is 2.87. The van der Waals surface area contributed by atoms with Crippen molar-refractivity contribution in [2.45, 2.75) is 32.3 Å². The fourth-order valence-electron chi connectivity index (χ4n) is 2.58. The van der Waals surface area contributed by atoms with Gasteiger partial charge in [-0.3, -0.25) is 4.79 Å². The molecule has 1 aliphatic heterocycles. The second-order valence-corrected chi connectivity index (χ2v) is 5.82. The topological polar surface area (TPSA) is 60.5 Å². The number of nitrogens with zero attached hydrogens (tertiary/aromatic N) is 1. The standard InChI is InChI=1S/C19H22N2O3/c1-2-14-3-6-16(7-4-14)21-19(22)15-5-8-18(20-13-15)24-17-9-11-23-12-10-17/h3-8,13,17H,2,9-12H2,1H3,(H,21,22). The van der Waals surface area contributed by atoms with E-state index in [1.165, 1.54) is 5.56 Å². The fourth-order valence-corrected chi connectivity index (χ4v) is 2.58. The molecular weight excluding hydrogens is 304 g/mol. The van der Waals surface area contributed by atoms with Gasteiger partial charge < -0.3 is 14.8 Å². The van der Waals surface area contributed by atoms with Crippen LogP contribution in [0.4, 0.5) is 5.69 Å². The zero-order valence-corrected chi connectivity index (χ0v) is 13.8. The number of nitrogens with one attached hydrogen (secondary N) is 1. The molecule has 1 fully saturated rings. The van der Waals surface area contributed by atoms with Crippen molar-refractivity contribution in [3.8, 4) is 5.88 Å². The van der Waals surface area contributed by atoms with Gasteiger partial charge in [0.15, 0.2) is 0 Å². The molecule has 1 aromatic carbocycles. The molecule has 1 aliphatic rings. The number of rotatable bonds is 5. The van der Waals surface area contributed by atoms with Gasteiger partial charge in [-0.15, -0.1) is 0 Å². The molecule has 2 aromatic rings. The highest BCUT2D eigenvalue weighted by molar-refractivity contribution is 6.04. The number of carbonyl (C=O) groups is 1. The summed E-state index contributed by atoms with van der Waals surface area (Å²) in [5.41, 5.74) is 2.53. The molecule has 5 heteroatoms. The molecule has 5 nitrogen and oxygen atoms in total. The third kappa shape index (κ3) is 4.32. The number of anilines is 1. The minimum Gasteiger partial charge on any atom is -0.474 e. The van der Waals surface area contributed by atoms with Gasteiger partial charge in [-0.05, 0) is 30.2 Å². The van der Waals surface area contributed by atoms with Crippen LogP contribution in [0.2, 0.25) is 0 Å². The lowest BCUT2D eigenvalue weighted by Crippen LogP contribution is -2.26. The molecule has 2 heterocycles. The molecule has 126 valence electrons. The van der Waals surface area contributed by atoms with E-state index in [4.69, 9.17) is 9.47 Å². The molecule has 0 bridgehead atoms. The summed E-state index contributed by atoms with van der Waals surface area (Å²) in [6.45, 7) is 3.55. The van der Waals surface area contributed by atoms with Gasteiger partial charge in [0.25, 0.3) is 5.91 Å². The molecule has 0 unspecified atom stereocenters. The van der Waals surface area contributed by atoms with Crippen LogP contribution in [0.15, 0.2) is 42.6 Å². The van der Waals surface area contributed by atoms with Gasteiger partial charge in [-0.1, -0.05) is 19.1 Å². The number of ether oxygens (including phenoxy) is 2. The van der Waals surface area contributed by atoms with Crippen LogP contribution in [-0.4, -0.2) is 30.2 Å². The Balaban J connectivity index is 1.58. The maximum absolute atomic E-state index is 12.3. The molecule has 0 atom stereocenters. The van der Waals surface area contributed by atoms with Crippen molar-refractivity contribution in [1.82, 2.24) is 4.98 Å². The normalized spacial score (nSPS) is 15.0. The van der Waals surface area contributed by atoms with Gasteiger partial charge >= 0.3 is 0 Å². The van der Waals surface area contributed by atoms with Gasteiger partial charge in [-0.2, -0.15) is 0 Å². The Bertz CT molecular complexity index is 662. The molecule has 0 spiro atoms. The number of hydrogen-bond donors (Lipinski definition) is 1. The Morgan fingerprint density at radius 3 is 2.58 bits per heavy atom. The molecule has 0 aliphatic carbocycles. The van der Waals surface area contributed by atoms with Crippen molar-refractivity contribution in [2.24, 2.45) is 0 Å². The average molecular weight is 326 g/mol. The van der Waals surface area contributed by atoms with Crippen LogP contribution in [0, 0.1) is 0 Å². The lowest BCUT2D eigenvalue weighted by atomic mass is 10.1. The van der Waals surface area contributed by atoms with Gasteiger partial charge in [0.1, 0.15) is 6.10 Å². The van der Waals surface area contributed by atoms with E-state index in [-0.39, 0.29) is 12.0 Å². The van der Waals surface area contributed by atoms with Crippen molar-refractivity contribution in [3.05, 3.63) is 53.7 Å². The molecular formula is C19H22N2O3. The zero-order chi connectivity index (χ0) is 16.8. The van der Waals surface area contributed by atoms with Crippen LogP contribution in [0.25, 0.3) is 0 Å². The summed E-state index contributed by atoms with van der Waals surface area (Å²) in [5.74, 6) is 0.370. The van der Waals surface area contributed by atoms with Crippen molar-refractivity contribution < 1.29 is 14.3 Å². The number of benzene rings is 1. The molecule has 1 aromatic heterocycles. The van der Waals surface area contributed by atoms with Crippen LogP contribution in [0.5, 0.6) is 5.88 Å². The van der Waals surface area contributed by atoms with Gasteiger partial charge in [-0.25, -0.2) is 4.98 Å². The molecule has 24 heavy (non-hydrogen) atoms. The number of aryl methyl sites for hydroxylation is 1. The highest BCUT2D eigenvalue weighted by Crippen LogP contribution is 2.17. The van der Waals surface area contributed by atoms with Crippen molar-refractivity contribution in [1.29, 1.82) is 0 Å². The third-order valence-electron chi connectivity index (χ3n) is 4.07. The van der Waals surface area contributed by atoms with Crippen molar-refractivity contribution in [2.75, 3.05) is 18.5 Å². The first kappa shape index (κ1) is 16.5.